The van der Waals surface area contributed by atoms with Crippen molar-refractivity contribution in [2.24, 2.45) is 0 Å². The van der Waals surface area contributed by atoms with Gasteiger partial charge in [-0.2, -0.15) is 0 Å². The van der Waals surface area contributed by atoms with Crippen molar-refractivity contribution in [2.75, 3.05) is 23.8 Å². The van der Waals surface area contributed by atoms with Gasteiger partial charge in [0.15, 0.2) is 11.6 Å². The number of pyridine rings is 1. The Morgan fingerprint density at radius 2 is 1.97 bits per heavy atom. The Morgan fingerprint density at radius 3 is 2.74 bits per heavy atom. The lowest BCUT2D eigenvalue weighted by atomic mass is 10.0. The number of thiophene rings is 1. The highest BCUT2D eigenvalue weighted by atomic mass is 32.1. The molecule has 7 nitrogen and oxygen atoms in total. The number of carbonyl (C=O) groups excluding carboxylic acids is 2. The first kappa shape index (κ1) is 25.6. The number of carbonyl (C=O) groups is 2. The van der Waals surface area contributed by atoms with Gasteiger partial charge in [-0.3, -0.25) is 14.6 Å². The number of aromatic nitrogens is 1. The van der Waals surface area contributed by atoms with Crippen molar-refractivity contribution < 1.29 is 18.7 Å². The lowest BCUT2D eigenvalue weighted by Gasteiger charge is -2.19. The van der Waals surface area contributed by atoms with Crippen molar-refractivity contribution >= 4 is 50.3 Å². The van der Waals surface area contributed by atoms with Gasteiger partial charge in [-0.25, -0.2) is 4.39 Å². The lowest BCUT2D eigenvalue weighted by Crippen LogP contribution is -2.30. The predicted molar refractivity (Wildman–Crippen MR) is 149 cm³/mol. The molecule has 3 heterocycles. The molecule has 0 spiro atoms. The molecule has 0 saturated carbocycles. The molecule has 4 aromatic rings. The number of benzene rings is 2. The molecule has 2 aromatic heterocycles. The second-order valence-electron chi connectivity index (χ2n) is 9.14. The number of nitrogens with one attached hydrogen (secondary N) is 2. The first-order valence-electron chi connectivity index (χ1n) is 12.3. The number of halogens is 1. The van der Waals surface area contributed by atoms with Gasteiger partial charge in [0.1, 0.15) is 12.2 Å². The van der Waals surface area contributed by atoms with Gasteiger partial charge in [-0.1, -0.05) is 24.3 Å². The Hall–Kier alpha value is -4.08. The SMILES string of the molecule is CC1CC(c2cc3nccc(Oc4ccc(NC(=O)CC(=O)N(C)c5ccccc5)cc4F)c3s2)=CCN1. The van der Waals surface area contributed by atoms with Crippen LogP contribution < -0.4 is 20.3 Å². The molecule has 2 aromatic carbocycles. The molecule has 1 aliphatic heterocycles. The minimum Gasteiger partial charge on any atom is -0.453 e. The fourth-order valence-electron chi connectivity index (χ4n) is 4.26. The highest BCUT2D eigenvalue weighted by Gasteiger charge is 2.18. The molecule has 0 fully saturated rings. The Morgan fingerprint density at radius 1 is 1.16 bits per heavy atom. The molecule has 0 aliphatic carbocycles. The fourth-order valence-corrected chi connectivity index (χ4v) is 5.37. The van der Waals surface area contributed by atoms with Gasteiger partial charge in [-0.15, -0.1) is 11.3 Å². The molecule has 9 heteroatoms. The van der Waals surface area contributed by atoms with Crippen LogP contribution in [0.5, 0.6) is 11.5 Å². The quantitative estimate of drug-likeness (QED) is 0.287. The van der Waals surface area contributed by atoms with E-state index >= 15 is 0 Å². The van der Waals surface area contributed by atoms with Crippen LogP contribution in [0.25, 0.3) is 15.8 Å². The van der Waals surface area contributed by atoms with E-state index in [1.165, 1.54) is 22.6 Å². The summed E-state index contributed by atoms with van der Waals surface area (Å²) in [6.07, 6.45) is 4.39. The summed E-state index contributed by atoms with van der Waals surface area (Å²) < 4.78 is 21.7. The zero-order chi connectivity index (χ0) is 26.6. The molecule has 5 rings (SSSR count). The van der Waals surface area contributed by atoms with Crippen LogP contribution in [0.15, 0.2) is 72.9 Å². The number of ether oxygens (including phenoxy) is 1. The second kappa shape index (κ2) is 11.1. The molecule has 194 valence electrons. The van der Waals surface area contributed by atoms with Crippen molar-refractivity contribution in [3.8, 4) is 11.5 Å². The van der Waals surface area contributed by atoms with E-state index in [2.05, 4.69) is 28.6 Å². The molecule has 0 bridgehead atoms. The Kier molecular flexibility index (Phi) is 7.48. The summed E-state index contributed by atoms with van der Waals surface area (Å²) in [5, 5.41) is 5.99. The van der Waals surface area contributed by atoms with Crippen LogP contribution in [0.4, 0.5) is 15.8 Å². The van der Waals surface area contributed by atoms with Crippen LogP contribution in [0, 0.1) is 5.82 Å². The van der Waals surface area contributed by atoms with Gasteiger partial charge >= 0.3 is 0 Å². The third-order valence-corrected chi connectivity index (χ3v) is 7.51. The summed E-state index contributed by atoms with van der Waals surface area (Å²) in [6, 6.07) is 17.4. The molecule has 0 radical (unpaired) electrons. The monoisotopic (exact) mass is 530 g/mol. The van der Waals surface area contributed by atoms with E-state index in [0.29, 0.717) is 17.5 Å². The molecule has 1 atom stereocenters. The van der Waals surface area contributed by atoms with E-state index in [1.54, 1.807) is 48.8 Å². The van der Waals surface area contributed by atoms with E-state index in [4.69, 9.17) is 4.74 Å². The number of nitrogens with zero attached hydrogens (tertiary/aromatic N) is 2. The molecular formula is C29H27FN4O3S. The average molecular weight is 531 g/mol. The normalized spacial score (nSPS) is 15.1. The van der Waals surface area contributed by atoms with Gasteiger partial charge in [0, 0.05) is 54.2 Å². The largest absolute Gasteiger partial charge is 0.453 e. The number of amides is 2. The van der Waals surface area contributed by atoms with E-state index in [9.17, 15) is 14.0 Å². The van der Waals surface area contributed by atoms with Gasteiger partial charge < -0.3 is 20.3 Å². The average Bonchev–Trinajstić information content (AvgIpc) is 3.36. The summed E-state index contributed by atoms with van der Waals surface area (Å²) in [6.45, 7) is 2.98. The molecule has 38 heavy (non-hydrogen) atoms. The maximum absolute atomic E-state index is 15.0. The molecular weight excluding hydrogens is 503 g/mol. The van der Waals surface area contributed by atoms with Crippen molar-refractivity contribution in [1.29, 1.82) is 0 Å². The van der Waals surface area contributed by atoms with Crippen molar-refractivity contribution in [3.63, 3.8) is 0 Å². The van der Waals surface area contributed by atoms with E-state index in [-0.39, 0.29) is 23.8 Å². The summed E-state index contributed by atoms with van der Waals surface area (Å²) in [5.41, 5.74) is 2.98. The van der Waals surface area contributed by atoms with E-state index in [1.807, 2.05) is 24.3 Å². The predicted octanol–water partition coefficient (Wildman–Crippen LogP) is 5.98. The maximum atomic E-state index is 15.0. The van der Waals surface area contributed by atoms with Crippen LogP contribution in [-0.4, -0.2) is 36.4 Å². The van der Waals surface area contributed by atoms with E-state index < -0.39 is 11.7 Å². The van der Waals surface area contributed by atoms with Gasteiger partial charge in [0.25, 0.3) is 0 Å². The number of para-hydroxylation sites is 1. The summed E-state index contributed by atoms with van der Waals surface area (Å²) in [7, 11) is 1.60. The number of fused-ring (bicyclic) bond motifs is 1. The van der Waals surface area contributed by atoms with Crippen LogP contribution in [-0.2, 0) is 9.59 Å². The molecule has 2 N–H and O–H groups in total. The molecule has 0 saturated heterocycles. The van der Waals surface area contributed by atoms with Gasteiger partial charge in [0.05, 0.1) is 10.2 Å². The summed E-state index contributed by atoms with van der Waals surface area (Å²) in [5.74, 6) is -0.999. The zero-order valence-electron chi connectivity index (χ0n) is 21.0. The van der Waals surface area contributed by atoms with Crippen molar-refractivity contribution in [2.45, 2.75) is 25.8 Å². The highest BCUT2D eigenvalue weighted by Crippen LogP contribution is 2.39. The first-order valence-corrected chi connectivity index (χ1v) is 13.1. The summed E-state index contributed by atoms with van der Waals surface area (Å²) >= 11 is 1.58. The van der Waals surface area contributed by atoms with Gasteiger partial charge in [-0.05, 0) is 49.2 Å². The Bertz CT molecular complexity index is 1520. The second-order valence-corrected chi connectivity index (χ2v) is 10.2. The number of hydrogen-bond donors (Lipinski definition) is 2. The number of rotatable bonds is 7. The van der Waals surface area contributed by atoms with Gasteiger partial charge in [0.2, 0.25) is 11.8 Å². The van der Waals surface area contributed by atoms with Crippen LogP contribution >= 0.6 is 11.3 Å². The standard InChI is InChI=1S/C29H27FN4O3S/c1-18-14-19(10-12-31-18)26-16-23-29(38-26)25(11-13-32-23)37-24-9-8-20(15-22(24)30)33-27(35)17-28(36)34(2)21-6-4-3-5-7-21/h3-11,13,15-16,18,31H,12,14,17H2,1-2H3,(H,33,35). The van der Waals surface area contributed by atoms with Crippen molar-refractivity contribution in [3.05, 3.63) is 83.6 Å². The fraction of sp³-hybridized carbons (Fsp3) is 0.207. The Balaban J connectivity index is 1.26. The molecule has 2 amide bonds. The van der Waals surface area contributed by atoms with E-state index in [0.717, 1.165) is 28.1 Å². The number of anilines is 2. The third-order valence-electron chi connectivity index (χ3n) is 6.30. The highest BCUT2D eigenvalue weighted by molar-refractivity contribution is 7.20. The number of hydrogen-bond acceptors (Lipinski definition) is 6. The molecule has 1 unspecified atom stereocenters. The topological polar surface area (TPSA) is 83.6 Å². The van der Waals surface area contributed by atoms with Crippen LogP contribution in [0.2, 0.25) is 0 Å². The van der Waals surface area contributed by atoms with Crippen LogP contribution in [0.1, 0.15) is 24.6 Å². The summed E-state index contributed by atoms with van der Waals surface area (Å²) in [4.78, 5) is 31.9. The maximum Gasteiger partial charge on any atom is 0.236 e. The smallest absolute Gasteiger partial charge is 0.236 e. The third kappa shape index (κ3) is 5.74. The minimum atomic E-state index is -0.632. The minimum absolute atomic E-state index is 0.0278. The van der Waals surface area contributed by atoms with Crippen molar-refractivity contribution in [1.82, 2.24) is 10.3 Å². The Labute approximate surface area is 224 Å². The lowest BCUT2D eigenvalue weighted by molar-refractivity contribution is -0.125. The molecule has 1 aliphatic rings. The first-order chi connectivity index (χ1) is 18.4. The zero-order valence-corrected chi connectivity index (χ0v) is 21.8. The van der Waals surface area contributed by atoms with Crippen LogP contribution in [0.3, 0.4) is 0 Å².